The summed E-state index contributed by atoms with van der Waals surface area (Å²) in [5.41, 5.74) is 3.06. The Morgan fingerprint density at radius 1 is 1.00 bits per heavy atom. The summed E-state index contributed by atoms with van der Waals surface area (Å²) in [6, 6.07) is 19.5. The minimum atomic E-state index is -0.911. The SMILES string of the molecule is CC1CCC(Oc2ccc(-c3csc(N(Cc4cccs4)Cc4ccccc4C(=O)O)n3)cc2)CC1. The van der Waals surface area contributed by atoms with Crippen LogP contribution in [0.3, 0.4) is 0 Å². The second-order valence-electron chi connectivity index (χ2n) is 9.44. The summed E-state index contributed by atoms with van der Waals surface area (Å²) in [6.45, 7) is 3.46. The Hall–Kier alpha value is -3.16. The lowest BCUT2D eigenvalue weighted by molar-refractivity contribution is 0.0695. The molecule has 0 bridgehead atoms. The van der Waals surface area contributed by atoms with Gasteiger partial charge in [0, 0.05) is 22.4 Å². The van der Waals surface area contributed by atoms with Crippen LogP contribution in [0.4, 0.5) is 5.13 Å². The first-order valence-corrected chi connectivity index (χ1v) is 14.1. The van der Waals surface area contributed by atoms with Crippen molar-refractivity contribution < 1.29 is 14.6 Å². The number of thiophene rings is 1. The fourth-order valence-electron chi connectivity index (χ4n) is 4.64. The van der Waals surface area contributed by atoms with E-state index in [0.717, 1.165) is 46.5 Å². The number of nitrogens with zero attached hydrogens (tertiary/aromatic N) is 2. The Kier molecular flexibility index (Phi) is 7.68. The molecule has 0 unspecified atom stereocenters. The lowest BCUT2D eigenvalue weighted by Gasteiger charge is -2.26. The smallest absolute Gasteiger partial charge is 0.336 e. The molecule has 0 spiro atoms. The van der Waals surface area contributed by atoms with Gasteiger partial charge in [0.15, 0.2) is 5.13 Å². The van der Waals surface area contributed by atoms with Crippen LogP contribution in [0, 0.1) is 5.92 Å². The van der Waals surface area contributed by atoms with Crippen LogP contribution in [0.2, 0.25) is 0 Å². The van der Waals surface area contributed by atoms with Gasteiger partial charge >= 0.3 is 5.97 Å². The molecule has 0 amide bonds. The molecule has 7 heteroatoms. The maximum absolute atomic E-state index is 11.8. The third-order valence-corrected chi connectivity index (χ3v) is 8.48. The summed E-state index contributed by atoms with van der Waals surface area (Å²) in [5.74, 6) is 0.813. The average molecular weight is 519 g/mol. The predicted octanol–water partition coefficient (Wildman–Crippen LogP) is 7.73. The van der Waals surface area contributed by atoms with Crippen LogP contribution in [0.5, 0.6) is 5.75 Å². The topological polar surface area (TPSA) is 62.7 Å². The van der Waals surface area contributed by atoms with Gasteiger partial charge in [-0.25, -0.2) is 9.78 Å². The molecule has 1 aliphatic carbocycles. The van der Waals surface area contributed by atoms with Crippen LogP contribution in [-0.4, -0.2) is 22.2 Å². The van der Waals surface area contributed by atoms with Gasteiger partial charge in [-0.2, -0.15) is 0 Å². The predicted molar refractivity (Wildman–Crippen MR) is 147 cm³/mol. The van der Waals surface area contributed by atoms with E-state index in [1.54, 1.807) is 34.8 Å². The number of hydrogen-bond acceptors (Lipinski definition) is 6. The van der Waals surface area contributed by atoms with Crippen LogP contribution in [-0.2, 0) is 13.1 Å². The standard InChI is InChI=1S/C29H30N2O3S2/c1-20-8-12-23(13-9-20)34-24-14-10-21(11-15-24)27-19-36-29(30-27)31(18-25-6-4-16-35-25)17-22-5-2-3-7-26(22)28(32)33/h2-7,10-11,14-16,19-20,23H,8-9,12-13,17-18H2,1H3,(H,32,33). The first-order valence-electron chi connectivity index (χ1n) is 12.4. The van der Waals surface area contributed by atoms with E-state index in [2.05, 4.69) is 40.8 Å². The number of aromatic nitrogens is 1. The highest BCUT2D eigenvalue weighted by atomic mass is 32.1. The Labute approximate surface area is 220 Å². The Morgan fingerprint density at radius 2 is 1.78 bits per heavy atom. The summed E-state index contributed by atoms with van der Waals surface area (Å²) >= 11 is 3.27. The molecule has 2 aromatic heterocycles. The van der Waals surface area contributed by atoms with E-state index in [0.29, 0.717) is 24.8 Å². The molecule has 2 heterocycles. The summed E-state index contributed by atoms with van der Waals surface area (Å²) in [4.78, 5) is 20.1. The maximum Gasteiger partial charge on any atom is 0.336 e. The lowest BCUT2D eigenvalue weighted by atomic mass is 9.89. The van der Waals surface area contributed by atoms with Gasteiger partial charge in [-0.05, 0) is 78.9 Å². The zero-order chi connectivity index (χ0) is 24.9. The quantitative estimate of drug-likeness (QED) is 0.246. The molecule has 186 valence electrons. The number of hydrogen-bond donors (Lipinski definition) is 1. The van der Waals surface area contributed by atoms with E-state index in [9.17, 15) is 9.90 Å². The molecule has 5 rings (SSSR count). The van der Waals surface area contributed by atoms with Crippen molar-refractivity contribution in [2.75, 3.05) is 4.90 Å². The zero-order valence-electron chi connectivity index (χ0n) is 20.3. The molecule has 1 N–H and O–H groups in total. The highest BCUT2D eigenvalue weighted by molar-refractivity contribution is 7.14. The molecule has 2 aromatic carbocycles. The number of carboxylic acids is 1. The van der Waals surface area contributed by atoms with Gasteiger partial charge < -0.3 is 14.7 Å². The summed E-state index contributed by atoms with van der Waals surface area (Å²) in [5, 5.41) is 14.7. The van der Waals surface area contributed by atoms with E-state index >= 15 is 0 Å². The van der Waals surface area contributed by atoms with E-state index in [-0.39, 0.29) is 0 Å². The van der Waals surface area contributed by atoms with Crippen LogP contribution in [0.25, 0.3) is 11.3 Å². The number of ether oxygens (including phenoxy) is 1. The molecule has 1 aliphatic rings. The van der Waals surface area contributed by atoms with E-state index in [1.165, 1.54) is 17.7 Å². The van der Waals surface area contributed by atoms with Gasteiger partial charge in [0.2, 0.25) is 0 Å². The van der Waals surface area contributed by atoms with Crippen molar-refractivity contribution in [2.45, 2.75) is 51.8 Å². The molecular weight excluding hydrogens is 488 g/mol. The average Bonchev–Trinajstić information content (AvgIpc) is 3.58. The van der Waals surface area contributed by atoms with Gasteiger partial charge in [0.05, 0.1) is 23.9 Å². The van der Waals surface area contributed by atoms with Crippen molar-refractivity contribution in [3.63, 3.8) is 0 Å². The Morgan fingerprint density at radius 3 is 2.50 bits per heavy atom. The summed E-state index contributed by atoms with van der Waals surface area (Å²) in [7, 11) is 0. The summed E-state index contributed by atoms with van der Waals surface area (Å²) in [6.07, 6.45) is 5.05. The fourth-order valence-corrected chi connectivity index (χ4v) is 6.19. The third-order valence-electron chi connectivity index (χ3n) is 6.71. The molecule has 5 nitrogen and oxygen atoms in total. The van der Waals surface area contributed by atoms with Crippen molar-refractivity contribution in [1.29, 1.82) is 0 Å². The van der Waals surface area contributed by atoms with Gasteiger partial charge in [-0.3, -0.25) is 0 Å². The normalized spacial score (nSPS) is 17.6. The van der Waals surface area contributed by atoms with Crippen LogP contribution < -0.4 is 9.64 Å². The van der Waals surface area contributed by atoms with E-state index in [1.807, 2.05) is 30.3 Å². The highest BCUT2D eigenvalue weighted by Crippen LogP contribution is 2.32. The van der Waals surface area contributed by atoms with E-state index < -0.39 is 5.97 Å². The molecule has 0 aliphatic heterocycles. The molecule has 0 radical (unpaired) electrons. The van der Waals surface area contributed by atoms with Crippen LogP contribution in [0.1, 0.15) is 53.4 Å². The first-order chi connectivity index (χ1) is 17.5. The van der Waals surface area contributed by atoms with Gasteiger partial charge in [0.25, 0.3) is 0 Å². The second kappa shape index (κ2) is 11.3. The molecule has 0 atom stereocenters. The second-order valence-corrected chi connectivity index (χ2v) is 11.3. The van der Waals surface area contributed by atoms with Gasteiger partial charge in [0.1, 0.15) is 5.75 Å². The molecule has 0 saturated heterocycles. The number of anilines is 1. The van der Waals surface area contributed by atoms with E-state index in [4.69, 9.17) is 9.72 Å². The Balaban J connectivity index is 1.33. The van der Waals surface area contributed by atoms with Crippen molar-refractivity contribution in [3.05, 3.63) is 87.4 Å². The monoisotopic (exact) mass is 518 g/mol. The van der Waals surface area contributed by atoms with Crippen molar-refractivity contribution >= 4 is 33.8 Å². The van der Waals surface area contributed by atoms with Crippen molar-refractivity contribution in [2.24, 2.45) is 5.92 Å². The lowest BCUT2D eigenvalue weighted by Crippen LogP contribution is -2.23. The molecule has 1 saturated carbocycles. The highest BCUT2D eigenvalue weighted by Gasteiger charge is 2.20. The number of benzene rings is 2. The van der Waals surface area contributed by atoms with Crippen LogP contribution in [0.15, 0.2) is 71.4 Å². The number of aromatic carboxylic acids is 1. The van der Waals surface area contributed by atoms with Gasteiger partial charge in [-0.1, -0.05) is 31.2 Å². The molecule has 4 aromatic rings. The third kappa shape index (κ3) is 5.97. The molecular formula is C29H30N2O3S2. The van der Waals surface area contributed by atoms with Crippen LogP contribution >= 0.6 is 22.7 Å². The summed E-state index contributed by atoms with van der Waals surface area (Å²) < 4.78 is 6.22. The van der Waals surface area contributed by atoms with Crippen molar-refractivity contribution in [3.8, 4) is 17.0 Å². The minimum Gasteiger partial charge on any atom is -0.490 e. The zero-order valence-corrected chi connectivity index (χ0v) is 21.9. The Bertz CT molecular complexity index is 1280. The number of carboxylic acid groups (broad SMARTS) is 1. The first kappa shape index (κ1) is 24.5. The molecule has 36 heavy (non-hydrogen) atoms. The fraction of sp³-hybridized carbons (Fsp3) is 0.310. The number of rotatable bonds is 9. The number of thiazole rings is 1. The number of carbonyl (C=O) groups is 1. The molecule has 1 fully saturated rings. The largest absolute Gasteiger partial charge is 0.490 e. The van der Waals surface area contributed by atoms with Gasteiger partial charge in [-0.15, -0.1) is 22.7 Å². The maximum atomic E-state index is 11.8. The minimum absolute atomic E-state index is 0.317. The van der Waals surface area contributed by atoms with Crippen molar-refractivity contribution in [1.82, 2.24) is 4.98 Å².